The number of ether oxygens (including phenoxy) is 1. The van der Waals surface area contributed by atoms with Crippen molar-refractivity contribution in [1.29, 1.82) is 5.26 Å². The molecule has 0 atom stereocenters. The van der Waals surface area contributed by atoms with Crippen molar-refractivity contribution in [3.05, 3.63) is 47.4 Å². The molecule has 1 aromatic carbocycles. The van der Waals surface area contributed by atoms with E-state index in [1.807, 2.05) is 30.3 Å². The van der Waals surface area contributed by atoms with Crippen molar-refractivity contribution in [2.45, 2.75) is 13.5 Å². The van der Waals surface area contributed by atoms with Crippen LogP contribution in [0.2, 0.25) is 0 Å². The maximum absolute atomic E-state index is 12.3. The molecule has 0 aliphatic heterocycles. The number of pyridine rings is 1. The number of hydrogen-bond donors (Lipinski definition) is 3. The average molecular weight is 336 g/mol. The number of anilines is 1. The van der Waals surface area contributed by atoms with Crippen LogP contribution >= 0.6 is 0 Å². The molecule has 8 heteroatoms. The molecule has 3 aromatic rings. The number of benzene rings is 1. The topological polar surface area (TPSA) is 130 Å². The molecule has 0 spiro atoms. The molecule has 1 amide bonds. The number of para-hydroxylation sites is 2. The van der Waals surface area contributed by atoms with Crippen LogP contribution in [0, 0.1) is 11.3 Å². The summed E-state index contributed by atoms with van der Waals surface area (Å²) in [7, 11) is 0. The first-order chi connectivity index (χ1) is 12.1. The standard InChI is InChI=1S/C17H16N6O2/c1-2-25-17-10(8-18)11(19)7-14(23-17)16(24)20-9-15-21-12-5-3-4-6-13(12)22-15/h3-7H,2,9H2,1H3,(H2,19,23)(H,20,24)(H,21,22). The number of aromatic amines is 1. The normalized spacial score (nSPS) is 10.4. The third-order valence-electron chi connectivity index (χ3n) is 3.50. The van der Waals surface area contributed by atoms with Crippen LogP contribution in [0.15, 0.2) is 30.3 Å². The first kappa shape index (κ1) is 16.3. The number of carbonyl (C=O) groups is 1. The Labute approximate surface area is 143 Å². The van der Waals surface area contributed by atoms with Gasteiger partial charge < -0.3 is 20.8 Å². The lowest BCUT2D eigenvalue weighted by Crippen LogP contribution is -2.25. The van der Waals surface area contributed by atoms with E-state index in [2.05, 4.69) is 20.3 Å². The second-order valence-electron chi connectivity index (χ2n) is 5.21. The zero-order valence-corrected chi connectivity index (χ0v) is 13.5. The van der Waals surface area contributed by atoms with Gasteiger partial charge in [0, 0.05) is 0 Å². The Hall–Kier alpha value is -3.60. The quantitative estimate of drug-likeness (QED) is 0.650. The van der Waals surface area contributed by atoms with Gasteiger partial charge in [-0.15, -0.1) is 0 Å². The summed E-state index contributed by atoms with van der Waals surface area (Å²) in [6, 6.07) is 10.9. The highest BCUT2D eigenvalue weighted by molar-refractivity contribution is 5.93. The number of aromatic nitrogens is 3. The fourth-order valence-corrected chi connectivity index (χ4v) is 2.35. The average Bonchev–Trinajstić information content (AvgIpc) is 3.02. The Balaban J connectivity index is 1.77. The Morgan fingerprint density at radius 2 is 2.20 bits per heavy atom. The molecule has 0 saturated heterocycles. The van der Waals surface area contributed by atoms with Gasteiger partial charge in [0.25, 0.3) is 5.91 Å². The number of imidazole rings is 1. The summed E-state index contributed by atoms with van der Waals surface area (Å²) in [5.74, 6) is 0.248. The minimum absolute atomic E-state index is 0.0545. The highest BCUT2D eigenvalue weighted by Gasteiger charge is 2.16. The van der Waals surface area contributed by atoms with Gasteiger partial charge in [0.2, 0.25) is 5.88 Å². The Morgan fingerprint density at radius 3 is 2.92 bits per heavy atom. The van der Waals surface area contributed by atoms with E-state index in [0.717, 1.165) is 11.0 Å². The number of H-pyrrole nitrogens is 1. The van der Waals surface area contributed by atoms with Crippen LogP contribution in [0.3, 0.4) is 0 Å². The number of nitrogens with two attached hydrogens (primary N) is 1. The van der Waals surface area contributed by atoms with Gasteiger partial charge in [-0.3, -0.25) is 4.79 Å². The molecule has 2 aromatic heterocycles. The molecule has 3 rings (SSSR count). The fourth-order valence-electron chi connectivity index (χ4n) is 2.35. The molecule has 0 radical (unpaired) electrons. The van der Waals surface area contributed by atoms with Gasteiger partial charge in [0.05, 0.1) is 29.9 Å². The zero-order valence-electron chi connectivity index (χ0n) is 13.5. The molecule has 2 heterocycles. The number of nitriles is 1. The van der Waals surface area contributed by atoms with Crippen molar-refractivity contribution in [3.63, 3.8) is 0 Å². The summed E-state index contributed by atoms with van der Waals surface area (Å²) in [6.07, 6.45) is 0. The van der Waals surface area contributed by atoms with Gasteiger partial charge in [-0.25, -0.2) is 9.97 Å². The summed E-state index contributed by atoms with van der Waals surface area (Å²) in [5, 5.41) is 11.8. The van der Waals surface area contributed by atoms with Gasteiger partial charge in [-0.1, -0.05) is 12.1 Å². The van der Waals surface area contributed by atoms with Gasteiger partial charge in [0.15, 0.2) is 0 Å². The van der Waals surface area contributed by atoms with E-state index >= 15 is 0 Å². The maximum atomic E-state index is 12.3. The van der Waals surface area contributed by atoms with Crippen LogP contribution in [-0.2, 0) is 6.54 Å². The second-order valence-corrected chi connectivity index (χ2v) is 5.21. The van der Waals surface area contributed by atoms with Crippen LogP contribution < -0.4 is 15.8 Å². The summed E-state index contributed by atoms with van der Waals surface area (Å²) < 4.78 is 5.29. The fraction of sp³-hybridized carbons (Fsp3) is 0.176. The van der Waals surface area contributed by atoms with Crippen molar-refractivity contribution in [3.8, 4) is 11.9 Å². The van der Waals surface area contributed by atoms with E-state index in [-0.39, 0.29) is 29.4 Å². The molecule has 8 nitrogen and oxygen atoms in total. The van der Waals surface area contributed by atoms with Crippen LogP contribution in [0.1, 0.15) is 28.8 Å². The van der Waals surface area contributed by atoms with E-state index < -0.39 is 5.91 Å². The number of nitrogens with one attached hydrogen (secondary N) is 2. The summed E-state index contributed by atoms with van der Waals surface area (Å²) in [5.41, 5.74) is 7.89. The highest BCUT2D eigenvalue weighted by atomic mass is 16.5. The molecule has 0 fully saturated rings. The number of fused-ring (bicyclic) bond motifs is 1. The van der Waals surface area contributed by atoms with E-state index in [0.29, 0.717) is 12.4 Å². The minimum atomic E-state index is -0.433. The molecule has 0 unspecified atom stereocenters. The lowest BCUT2D eigenvalue weighted by molar-refractivity contribution is 0.0944. The number of nitrogens with zero attached hydrogens (tertiary/aromatic N) is 3. The maximum Gasteiger partial charge on any atom is 0.270 e. The van der Waals surface area contributed by atoms with Crippen molar-refractivity contribution in [2.24, 2.45) is 0 Å². The van der Waals surface area contributed by atoms with Crippen molar-refractivity contribution >= 4 is 22.6 Å². The summed E-state index contributed by atoms with van der Waals surface area (Å²) >= 11 is 0. The van der Waals surface area contributed by atoms with Crippen LogP contribution in [0.4, 0.5) is 5.69 Å². The number of rotatable bonds is 5. The Kier molecular flexibility index (Phi) is 4.48. The first-order valence-corrected chi connectivity index (χ1v) is 7.67. The third-order valence-corrected chi connectivity index (χ3v) is 3.50. The predicted molar refractivity (Wildman–Crippen MR) is 91.8 cm³/mol. The van der Waals surface area contributed by atoms with Crippen molar-refractivity contribution in [1.82, 2.24) is 20.3 Å². The number of nitrogen functional groups attached to an aromatic ring is 1. The molecule has 4 N–H and O–H groups in total. The van der Waals surface area contributed by atoms with Crippen LogP contribution in [0.5, 0.6) is 5.88 Å². The largest absolute Gasteiger partial charge is 0.477 e. The zero-order chi connectivity index (χ0) is 17.8. The Morgan fingerprint density at radius 1 is 1.40 bits per heavy atom. The molecule has 0 bridgehead atoms. The van der Waals surface area contributed by atoms with Gasteiger partial charge >= 0.3 is 0 Å². The molecule has 0 aliphatic rings. The second kappa shape index (κ2) is 6.88. The van der Waals surface area contributed by atoms with Crippen molar-refractivity contribution < 1.29 is 9.53 Å². The summed E-state index contributed by atoms with van der Waals surface area (Å²) in [6.45, 7) is 2.28. The number of hydrogen-bond acceptors (Lipinski definition) is 6. The highest BCUT2D eigenvalue weighted by Crippen LogP contribution is 2.22. The first-order valence-electron chi connectivity index (χ1n) is 7.67. The van der Waals surface area contributed by atoms with Crippen molar-refractivity contribution in [2.75, 3.05) is 12.3 Å². The van der Waals surface area contributed by atoms with E-state index in [4.69, 9.17) is 15.7 Å². The molecule has 0 aliphatic carbocycles. The van der Waals surface area contributed by atoms with E-state index in [9.17, 15) is 4.79 Å². The number of carbonyl (C=O) groups excluding carboxylic acids is 1. The smallest absolute Gasteiger partial charge is 0.270 e. The van der Waals surface area contributed by atoms with Crippen LogP contribution in [0.25, 0.3) is 11.0 Å². The van der Waals surface area contributed by atoms with E-state index in [1.165, 1.54) is 6.07 Å². The lowest BCUT2D eigenvalue weighted by atomic mass is 10.2. The third kappa shape index (κ3) is 3.35. The Bertz CT molecular complexity index is 940. The SMILES string of the molecule is CCOc1nc(C(=O)NCc2nc3ccccc3[nH]2)cc(N)c1C#N. The summed E-state index contributed by atoms with van der Waals surface area (Å²) in [4.78, 5) is 23.9. The molecule has 126 valence electrons. The van der Waals surface area contributed by atoms with Gasteiger partial charge in [0.1, 0.15) is 23.2 Å². The molecular formula is C17H16N6O2. The predicted octanol–water partition coefficient (Wildman–Crippen LogP) is 1.74. The molecule has 0 saturated carbocycles. The van der Waals surface area contributed by atoms with Gasteiger partial charge in [-0.2, -0.15) is 5.26 Å². The molecular weight excluding hydrogens is 320 g/mol. The van der Waals surface area contributed by atoms with Gasteiger partial charge in [-0.05, 0) is 25.1 Å². The monoisotopic (exact) mass is 336 g/mol. The minimum Gasteiger partial charge on any atom is -0.477 e. The van der Waals surface area contributed by atoms with Crippen LogP contribution in [-0.4, -0.2) is 27.5 Å². The van der Waals surface area contributed by atoms with E-state index in [1.54, 1.807) is 6.92 Å². The lowest BCUT2D eigenvalue weighted by Gasteiger charge is -2.09. The number of amides is 1. The molecule has 25 heavy (non-hydrogen) atoms.